The molecule has 3 heterocycles. The van der Waals surface area contributed by atoms with Gasteiger partial charge in [-0.15, -0.1) is 0 Å². The summed E-state index contributed by atoms with van der Waals surface area (Å²) in [6.45, 7) is 2.74. The number of nitriles is 1. The normalized spacial score (nSPS) is 22.6. The second-order valence-electron chi connectivity index (χ2n) is 9.37. The molecule has 2 aliphatic heterocycles. The molecule has 8 nitrogen and oxygen atoms in total. The van der Waals surface area contributed by atoms with E-state index in [0.29, 0.717) is 38.5 Å². The van der Waals surface area contributed by atoms with E-state index in [2.05, 4.69) is 11.0 Å². The monoisotopic (exact) mass is 474 g/mol. The van der Waals surface area contributed by atoms with Crippen LogP contribution >= 0.6 is 0 Å². The Labute approximate surface area is 205 Å². The number of nitrogens with zero attached hydrogens (tertiary/aromatic N) is 4. The van der Waals surface area contributed by atoms with E-state index < -0.39 is 0 Å². The highest BCUT2D eigenvalue weighted by Gasteiger charge is 2.45. The van der Waals surface area contributed by atoms with Crippen molar-refractivity contribution in [2.45, 2.75) is 38.3 Å². The minimum Gasteiger partial charge on any atom is -0.497 e. The summed E-state index contributed by atoms with van der Waals surface area (Å²) in [5, 5.41) is 10.1. The van der Waals surface area contributed by atoms with Crippen molar-refractivity contribution in [1.29, 1.82) is 5.26 Å². The maximum atomic E-state index is 13.6. The van der Waals surface area contributed by atoms with Gasteiger partial charge in [-0.1, -0.05) is 25.0 Å². The Bertz CT molecular complexity index is 1140. The average Bonchev–Trinajstić information content (AvgIpc) is 3.45. The zero-order valence-electron chi connectivity index (χ0n) is 20.0. The van der Waals surface area contributed by atoms with Crippen LogP contribution < -0.4 is 4.74 Å². The molecule has 1 aliphatic carbocycles. The van der Waals surface area contributed by atoms with Gasteiger partial charge in [0.2, 0.25) is 0 Å². The van der Waals surface area contributed by atoms with Gasteiger partial charge in [0.25, 0.3) is 11.8 Å². The molecule has 1 saturated carbocycles. The van der Waals surface area contributed by atoms with Gasteiger partial charge < -0.3 is 23.9 Å². The SMILES string of the molecule is COc1ccc(CN2C(=O)C(C#N)=C(N3CCN(C(=O)c4ccco4)CC3)C3CCCCC32)cc1. The van der Waals surface area contributed by atoms with Gasteiger partial charge in [-0.25, -0.2) is 0 Å². The first kappa shape index (κ1) is 23.0. The summed E-state index contributed by atoms with van der Waals surface area (Å²) in [5.74, 6) is 0.950. The Hall–Kier alpha value is -3.73. The van der Waals surface area contributed by atoms with E-state index in [9.17, 15) is 14.9 Å². The molecule has 0 radical (unpaired) electrons. The number of carbonyl (C=O) groups excluding carboxylic acids is 2. The summed E-state index contributed by atoms with van der Waals surface area (Å²) < 4.78 is 10.5. The number of amides is 2. The van der Waals surface area contributed by atoms with Crippen LogP contribution in [0.5, 0.6) is 5.75 Å². The van der Waals surface area contributed by atoms with Crippen molar-refractivity contribution in [2.75, 3.05) is 33.3 Å². The zero-order valence-corrected chi connectivity index (χ0v) is 20.0. The highest BCUT2D eigenvalue weighted by molar-refractivity contribution is 5.99. The van der Waals surface area contributed by atoms with Crippen LogP contribution in [0.3, 0.4) is 0 Å². The molecule has 0 N–H and O–H groups in total. The molecule has 1 aromatic carbocycles. The molecule has 2 aromatic rings. The number of hydrogen-bond donors (Lipinski definition) is 0. The number of methoxy groups -OCH3 is 1. The van der Waals surface area contributed by atoms with Gasteiger partial charge in [0.15, 0.2) is 5.76 Å². The summed E-state index contributed by atoms with van der Waals surface area (Å²) in [7, 11) is 1.63. The number of hydrogen-bond acceptors (Lipinski definition) is 6. The van der Waals surface area contributed by atoms with Crippen LogP contribution in [0.25, 0.3) is 0 Å². The van der Waals surface area contributed by atoms with Crippen molar-refractivity contribution in [1.82, 2.24) is 14.7 Å². The molecule has 2 unspecified atom stereocenters. The predicted octanol–water partition coefficient (Wildman–Crippen LogP) is 3.42. The average molecular weight is 475 g/mol. The van der Waals surface area contributed by atoms with Crippen LogP contribution in [0.4, 0.5) is 0 Å². The molecule has 2 amide bonds. The lowest BCUT2D eigenvalue weighted by molar-refractivity contribution is -0.133. The van der Waals surface area contributed by atoms with E-state index in [1.165, 1.54) is 6.26 Å². The first-order valence-corrected chi connectivity index (χ1v) is 12.3. The van der Waals surface area contributed by atoms with E-state index in [0.717, 1.165) is 42.7 Å². The van der Waals surface area contributed by atoms with Gasteiger partial charge in [-0.05, 0) is 42.7 Å². The van der Waals surface area contributed by atoms with Crippen LogP contribution in [0.2, 0.25) is 0 Å². The molecular formula is C27H30N4O4. The van der Waals surface area contributed by atoms with Crippen molar-refractivity contribution < 1.29 is 18.7 Å². The lowest BCUT2D eigenvalue weighted by Crippen LogP contribution is -2.56. The number of ether oxygens (including phenoxy) is 1. The van der Waals surface area contributed by atoms with Crippen LogP contribution in [-0.2, 0) is 11.3 Å². The maximum absolute atomic E-state index is 13.6. The molecular weight excluding hydrogens is 444 g/mol. The van der Waals surface area contributed by atoms with Gasteiger partial charge in [-0.3, -0.25) is 9.59 Å². The third kappa shape index (κ3) is 4.39. The fourth-order valence-electron chi connectivity index (χ4n) is 5.71. The molecule has 1 saturated heterocycles. The van der Waals surface area contributed by atoms with E-state index in [1.54, 1.807) is 24.1 Å². The number of fused-ring (bicyclic) bond motifs is 1. The summed E-state index contributed by atoms with van der Waals surface area (Å²) in [5.41, 5.74) is 2.17. The summed E-state index contributed by atoms with van der Waals surface area (Å²) in [6, 6.07) is 13.5. The molecule has 5 rings (SSSR count). The van der Waals surface area contributed by atoms with E-state index in [-0.39, 0.29) is 29.3 Å². The standard InChI is InChI=1S/C27H30N4O4/c1-34-20-10-8-19(9-11-20)18-31-23-6-3-2-5-21(23)25(22(17-28)26(31)32)29-12-14-30(15-13-29)27(33)24-7-4-16-35-24/h4,7-11,16,21,23H,2-3,5-6,12-15,18H2,1H3. The van der Waals surface area contributed by atoms with Crippen LogP contribution in [0, 0.1) is 17.2 Å². The van der Waals surface area contributed by atoms with E-state index >= 15 is 0 Å². The summed E-state index contributed by atoms with van der Waals surface area (Å²) in [4.78, 5) is 32.2. The number of benzene rings is 1. The lowest BCUT2D eigenvalue weighted by atomic mass is 9.76. The third-order valence-corrected chi connectivity index (χ3v) is 7.48. The minimum absolute atomic E-state index is 0.0771. The van der Waals surface area contributed by atoms with Gasteiger partial charge >= 0.3 is 0 Å². The molecule has 3 aliphatic rings. The van der Waals surface area contributed by atoms with E-state index in [4.69, 9.17) is 9.15 Å². The smallest absolute Gasteiger partial charge is 0.289 e. The topological polar surface area (TPSA) is 90.0 Å². The predicted molar refractivity (Wildman–Crippen MR) is 128 cm³/mol. The Balaban J connectivity index is 1.38. The zero-order chi connectivity index (χ0) is 24.4. The molecule has 2 atom stereocenters. The molecule has 1 aromatic heterocycles. The number of carbonyl (C=O) groups is 2. The Morgan fingerprint density at radius 2 is 1.86 bits per heavy atom. The fourth-order valence-corrected chi connectivity index (χ4v) is 5.71. The highest BCUT2D eigenvalue weighted by atomic mass is 16.5. The number of rotatable bonds is 5. The minimum atomic E-state index is -0.185. The number of furan rings is 1. The van der Waals surface area contributed by atoms with Crippen LogP contribution in [0.15, 0.2) is 58.3 Å². The largest absolute Gasteiger partial charge is 0.497 e. The lowest BCUT2D eigenvalue weighted by Gasteiger charge is -2.49. The van der Waals surface area contributed by atoms with Gasteiger partial charge in [-0.2, -0.15) is 5.26 Å². The molecule has 8 heteroatoms. The first-order valence-electron chi connectivity index (χ1n) is 12.3. The molecule has 182 valence electrons. The van der Waals surface area contributed by atoms with Crippen molar-refractivity contribution >= 4 is 11.8 Å². The maximum Gasteiger partial charge on any atom is 0.289 e. The van der Waals surface area contributed by atoms with Crippen molar-refractivity contribution in [3.05, 3.63) is 65.3 Å². The molecule has 2 fully saturated rings. The van der Waals surface area contributed by atoms with Crippen molar-refractivity contribution in [3.63, 3.8) is 0 Å². The van der Waals surface area contributed by atoms with Crippen LogP contribution in [0.1, 0.15) is 41.8 Å². The van der Waals surface area contributed by atoms with Gasteiger partial charge in [0.1, 0.15) is 17.4 Å². The van der Waals surface area contributed by atoms with Crippen LogP contribution in [-0.4, -0.2) is 65.8 Å². The van der Waals surface area contributed by atoms with Crippen molar-refractivity contribution in [2.24, 2.45) is 5.92 Å². The second kappa shape index (κ2) is 9.87. The van der Waals surface area contributed by atoms with Crippen molar-refractivity contribution in [3.8, 4) is 11.8 Å². The summed E-state index contributed by atoms with van der Waals surface area (Å²) >= 11 is 0. The second-order valence-corrected chi connectivity index (χ2v) is 9.37. The van der Waals surface area contributed by atoms with E-state index in [1.807, 2.05) is 29.2 Å². The van der Waals surface area contributed by atoms with Gasteiger partial charge in [0, 0.05) is 50.4 Å². The quantitative estimate of drug-likeness (QED) is 0.660. The molecule has 0 spiro atoms. The molecule has 35 heavy (non-hydrogen) atoms. The fraction of sp³-hybridized carbons (Fsp3) is 0.444. The summed E-state index contributed by atoms with van der Waals surface area (Å²) in [6.07, 6.45) is 5.57. The van der Waals surface area contributed by atoms with Gasteiger partial charge in [0.05, 0.1) is 13.4 Å². The third-order valence-electron chi connectivity index (χ3n) is 7.48. The Kier molecular flexibility index (Phi) is 6.49. The first-order chi connectivity index (χ1) is 17.1. The number of piperazine rings is 1. The Morgan fingerprint density at radius 1 is 1.11 bits per heavy atom. The Morgan fingerprint density at radius 3 is 2.51 bits per heavy atom. The highest BCUT2D eigenvalue weighted by Crippen LogP contribution is 2.41. The molecule has 0 bridgehead atoms.